The van der Waals surface area contributed by atoms with Crippen LogP contribution in [-0.2, 0) is 27.1 Å². The molecule has 52 heavy (non-hydrogen) atoms. The number of allylic oxidation sites excluding steroid dienone is 3. The molecule has 1 atom stereocenters. The standard InChI is InChI=1S/C44H63O5P.C2H6/c1-8-18-39-33-36(24-28-43(50)46-7)23-27-42(39)49-31-17-16-29-47-40(19-9-2)25-21-35-22-26-41(38(11-4)32-35)48-30-15-13-12-14-20-37(10-3)44(45)34(5)6;1-2/h19,21-28,32-33,37,50H,5,8-18,20,29-31H2,1-4,6-7H3;1-2H3/b25-21+,28-24+,40-19+;. The summed E-state index contributed by atoms with van der Waals surface area (Å²) in [6, 6.07) is 12.7. The highest BCUT2D eigenvalue weighted by molar-refractivity contribution is 7.21. The molecular formula is C46H69O5P. The highest BCUT2D eigenvalue weighted by Crippen LogP contribution is 2.25. The number of benzene rings is 2. The minimum absolute atomic E-state index is 0.125. The predicted octanol–water partition coefficient (Wildman–Crippen LogP) is 12.8. The fourth-order valence-corrected chi connectivity index (χ4v) is 5.78. The lowest BCUT2D eigenvalue weighted by Crippen LogP contribution is -2.14. The molecule has 6 heteroatoms. The van der Waals surface area contributed by atoms with E-state index in [-0.39, 0.29) is 11.7 Å². The van der Waals surface area contributed by atoms with Crippen LogP contribution in [0.2, 0.25) is 0 Å². The van der Waals surface area contributed by atoms with E-state index in [0.29, 0.717) is 30.9 Å². The molecule has 0 N–H and O–H groups in total. The number of Topliss-reactive ketones (excluding diaryl/α,β-unsaturated/α-hetero) is 1. The Bertz CT molecular complexity index is 1420. The molecule has 5 nitrogen and oxygen atoms in total. The largest absolute Gasteiger partial charge is 0.494 e. The van der Waals surface area contributed by atoms with Crippen LogP contribution in [0.1, 0.15) is 135 Å². The number of methoxy groups -OCH3 is 1. The van der Waals surface area contributed by atoms with E-state index >= 15 is 0 Å². The van der Waals surface area contributed by atoms with Crippen molar-refractivity contribution in [1.29, 1.82) is 0 Å². The fraction of sp³-hybridized carbons (Fsp3) is 0.522. The van der Waals surface area contributed by atoms with Crippen molar-refractivity contribution < 1.29 is 23.7 Å². The molecule has 0 bridgehead atoms. The summed E-state index contributed by atoms with van der Waals surface area (Å²) in [5.41, 5.74) is 6.06. The normalized spacial score (nSPS) is 12.0. The maximum absolute atomic E-state index is 12.2. The van der Waals surface area contributed by atoms with Gasteiger partial charge in [-0.25, -0.2) is 0 Å². The first-order valence-electron chi connectivity index (χ1n) is 19.8. The van der Waals surface area contributed by atoms with E-state index in [1.165, 1.54) is 11.1 Å². The van der Waals surface area contributed by atoms with Gasteiger partial charge in [0.25, 0.3) is 0 Å². The average Bonchev–Trinajstić information content (AvgIpc) is 3.16. The summed E-state index contributed by atoms with van der Waals surface area (Å²) in [7, 11) is 5.06. The van der Waals surface area contributed by atoms with Crippen LogP contribution in [0.4, 0.5) is 0 Å². The third-order valence-electron chi connectivity index (χ3n) is 8.62. The van der Waals surface area contributed by atoms with Crippen molar-refractivity contribution in [2.24, 2.45) is 5.92 Å². The Morgan fingerprint density at radius 2 is 1.38 bits per heavy atom. The third kappa shape index (κ3) is 18.9. The van der Waals surface area contributed by atoms with Gasteiger partial charge in [-0.05, 0) is 129 Å². The van der Waals surface area contributed by atoms with Gasteiger partial charge in [-0.15, -0.1) is 0 Å². The lowest BCUT2D eigenvalue weighted by molar-refractivity contribution is -0.119. The van der Waals surface area contributed by atoms with Gasteiger partial charge < -0.3 is 18.9 Å². The number of unbranched alkanes of at least 4 members (excludes halogenated alkanes) is 4. The maximum atomic E-state index is 12.2. The minimum atomic E-state index is 0.125. The molecule has 0 fully saturated rings. The summed E-state index contributed by atoms with van der Waals surface area (Å²) in [6.45, 7) is 20.2. The van der Waals surface area contributed by atoms with Crippen LogP contribution < -0.4 is 9.47 Å². The van der Waals surface area contributed by atoms with Crippen LogP contribution in [0.15, 0.2) is 72.5 Å². The molecule has 0 heterocycles. The van der Waals surface area contributed by atoms with E-state index in [4.69, 9.17) is 18.9 Å². The van der Waals surface area contributed by atoms with E-state index in [9.17, 15) is 4.79 Å². The minimum Gasteiger partial charge on any atom is -0.494 e. The van der Waals surface area contributed by atoms with Gasteiger partial charge in [0.15, 0.2) is 5.78 Å². The summed E-state index contributed by atoms with van der Waals surface area (Å²) in [6.07, 6.45) is 22.1. The number of rotatable bonds is 27. The van der Waals surface area contributed by atoms with Crippen LogP contribution in [-0.4, -0.2) is 38.2 Å². The van der Waals surface area contributed by atoms with Crippen molar-refractivity contribution in [2.45, 2.75) is 126 Å². The highest BCUT2D eigenvalue weighted by Gasteiger charge is 2.16. The highest BCUT2D eigenvalue weighted by atomic mass is 31.0. The third-order valence-corrected chi connectivity index (χ3v) is 8.99. The lowest BCUT2D eigenvalue weighted by Gasteiger charge is -2.14. The Kier molecular flexibility index (Phi) is 26.1. The van der Waals surface area contributed by atoms with E-state index in [0.717, 1.165) is 105 Å². The van der Waals surface area contributed by atoms with Crippen LogP contribution >= 0.6 is 8.86 Å². The Morgan fingerprint density at radius 3 is 1.96 bits per heavy atom. The van der Waals surface area contributed by atoms with Gasteiger partial charge in [-0.3, -0.25) is 4.79 Å². The second-order valence-corrected chi connectivity index (χ2v) is 13.3. The number of ketones is 1. The number of ether oxygens (including phenoxy) is 4. The Morgan fingerprint density at radius 1 is 0.808 bits per heavy atom. The molecule has 0 aliphatic rings. The number of carbonyl (C=O) groups excluding carboxylic acids is 1. The molecule has 2 rings (SSSR count). The zero-order valence-corrected chi connectivity index (χ0v) is 34.8. The second-order valence-electron chi connectivity index (χ2n) is 12.8. The van der Waals surface area contributed by atoms with Crippen LogP contribution in [0.25, 0.3) is 12.2 Å². The van der Waals surface area contributed by atoms with Gasteiger partial charge in [0.1, 0.15) is 17.3 Å². The first kappa shape index (κ1) is 46.6. The van der Waals surface area contributed by atoms with Crippen LogP contribution in [0.3, 0.4) is 0 Å². The van der Waals surface area contributed by atoms with Crippen molar-refractivity contribution in [2.75, 3.05) is 26.9 Å². The van der Waals surface area contributed by atoms with E-state index in [1.54, 1.807) is 7.11 Å². The summed E-state index contributed by atoms with van der Waals surface area (Å²) in [4.78, 5) is 12.2. The Hall–Kier alpha value is -3.40. The van der Waals surface area contributed by atoms with Gasteiger partial charge in [0.2, 0.25) is 0 Å². The predicted molar refractivity (Wildman–Crippen MR) is 227 cm³/mol. The molecular weight excluding hydrogens is 663 g/mol. The molecule has 0 saturated heterocycles. The number of carbonyl (C=O) groups is 1. The molecule has 0 spiro atoms. The smallest absolute Gasteiger partial charge is 0.161 e. The molecule has 1 unspecified atom stereocenters. The fourth-order valence-electron chi connectivity index (χ4n) is 5.70. The van der Waals surface area contributed by atoms with E-state index < -0.39 is 0 Å². The number of hydrogen-bond acceptors (Lipinski definition) is 5. The van der Waals surface area contributed by atoms with Crippen molar-refractivity contribution in [3.8, 4) is 11.5 Å². The number of aryl methyl sites for hydroxylation is 2. The Labute approximate surface area is 319 Å². The van der Waals surface area contributed by atoms with Gasteiger partial charge >= 0.3 is 0 Å². The number of hydrogen-bond donors (Lipinski definition) is 0. The molecule has 2 aromatic rings. The van der Waals surface area contributed by atoms with Gasteiger partial charge in [-0.2, -0.15) is 0 Å². The molecule has 0 radical (unpaired) electrons. The second kappa shape index (κ2) is 29.1. The molecule has 288 valence electrons. The van der Waals surface area contributed by atoms with Gasteiger partial charge in [0.05, 0.1) is 25.3 Å². The molecule has 0 aromatic heterocycles. The summed E-state index contributed by atoms with van der Waals surface area (Å²) >= 11 is 0. The topological polar surface area (TPSA) is 54.0 Å². The first-order chi connectivity index (χ1) is 25.3. The van der Waals surface area contributed by atoms with Crippen LogP contribution in [0.5, 0.6) is 11.5 Å². The van der Waals surface area contributed by atoms with Crippen molar-refractivity contribution in [3.63, 3.8) is 0 Å². The summed E-state index contributed by atoms with van der Waals surface area (Å²) in [5, 5.41) is 0. The first-order valence-corrected chi connectivity index (χ1v) is 20.3. The average molecular weight is 733 g/mol. The molecule has 0 aliphatic carbocycles. The summed E-state index contributed by atoms with van der Waals surface area (Å²) in [5.74, 6) is 3.17. The molecule has 2 aromatic carbocycles. The van der Waals surface area contributed by atoms with Crippen molar-refractivity contribution in [3.05, 3.63) is 94.8 Å². The van der Waals surface area contributed by atoms with Gasteiger partial charge in [-0.1, -0.05) is 107 Å². The quantitative estimate of drug-likeness (QED) is 0.0301. The van der Waals surface area contributed by atoms with E-state index in [1.807, 2.05) is 32.9 Å². The monoisotopic (exact) mass is 732 g/mol. The van der Waals surface area contributed by atoms with Crippen molar-refractivity contribution in [1.82, 2.24) is 0 Å². The van der Waals surface area contributed by atoms with Crippen molar-refractivity contribution >= 4 is 32.3 Å². The molecule has 0 amide bonds. The molecule has 0 aliphatic heterocycles. The Balaban J connectivity index is 0.00000664. The summed E-state index contributed by atoms with van der Waals surface area (Å²) < 4.78 is 23.7. The maximum Gasteiger partial charge on any atom is 0.161 e. The lowest BCUT2D eigenvalue weighted by atomic mass is 9.91. The molecule has 0 saturated carbocycles. The zero-order valence-electron chi connectivity index (χ0n) is 33.8. The van der Waals surface area contributed by atoms with Gasteiger partial charge in [0, 0.05) is 13.0 Å². The van der Waals surface area contributed by atoms with E-state index in [2.05, 4.69) is 97.8 Å². The zero-order chi connectivity index (χ0) is 38.6. The SMILES string of the molecule is C=C(C)C(=O)C(CC)CCCCCCOc1ccc(/C=C/C(=C\CC)OCCCCOc2ccc(/C=C/C(=P)OC)cc2CCC)cc1CC.CC. The van der Waals surface area contributed by atoms with Crippen LogP contribution in [0, 0.1) is 5.92 Å².